The zero-order valence-electron chi connectivity index (χ0n) is 9.60. The Hall–Kier alpha value is -1.29. The summed E-state index contributed by atoms with van der Waals surface area (Å²) in [5.41, 5.74) is 1.32. The minimum Gasteiger partial charge on any atom is -0.481 e. The number of methoxy groups -OCH3 is 1. The molecular formula is C13H11Cl2NO2. The summed E-state index contributed by atoms with van der Waals surface area (Å²) in [6.45, 7) is 0. The molecule has 2 aromatic rings. The molecule has 0 aliphatic rings. The van der Waals surface area contributed by atoms with Crippen molar-refractivity contribution >= 4 is 23.2 Å². The molecule has 0 bridgehead atoms. The topological polar surface area (TPSA) is 42.4 Å². The minimum atomic E-state index is -0.793. The summed E-state index contributed by atoms with van der Waals surface area (Å²) < 4.78 is 4.96. The Morgan fingerprint density at radius 2 is 1.83 bits per heavy atom. The number of hydrogen-bond donors (Lipinski definition) is 1. The number of pyridine rings is 1. The van der Waals surface area contributed by atoms with Crippen molar-refractivity contribution in [3.8, 4) is 5.88 Å². The minimum absolute atomic E-state index is 0.412. The predicted octanol–water partition coefficient (Wildman–Crippen LogP) is 3.48. The maximum Gasteiger partial charge on any atom is 0.212 e. The van der Waals surface area contributed by atoms with Gasteiger partial charge in [0.05, 0.1) is 17.2 Å². The maximum absolute atomic E-state index is 10.2. The average molecular weight is 284 g/mol. The SMILES string of the molecule is COc1ccc(C(O)c2ccc(Cl)c(Cl)c2)cn1. The third-order valence-electron chi connectivity index (χ3n) is 2.54. The van der Waals surface area contributed by atoms with Crippen molar-refractivity contribution < 1.29 is 9.84 Å². The summed E-state index contributed by atoms with van der Waals surface area (Å²) >= 11 is 11.7. The third kappa shape index (κ3) is 2.75. The van der Waals surface area contributed by atoms with Gasteiger partial charge in [-0.15, -0.1) is 0 Å². The Balaban J connectivity index is 2.28. The molecule has 2 rings (SSSR count). The highest BCUT2D eigenvalue weighted by Gasteiger charge is 2.12. The lowest BCUT2D eigenvalue weighted by atomic mass is 10.0. The van der Waals surface area contributed by atoms with Gasteiger partial charge in [0.15, 0.2) is 0 Å². The third-order valence-corrected chi connectivity index (χ3v) is 3.28. The molecule has 0 saturated heterocycles. The molecule has 94 valence electrons. The van der Waals surface area contributed by atoms with Crippen LogP contribution in [0.4, 0.5) is 0 Å². The second kappa shape index (κ2) is 5.57. The van der Waals surface area contributed by atoms with Gasteiger partial charge in [-0.05, 0) is 23.8 Å². The van der Waals surface area contributed by atoms with Gasteiger partial charge in [0.1, 0.15) is 6.10 Å². The molecule has 1 atom stereocenters. The fourth-order valence-electron chi connectivity index (χ4n) is 1.55. The first-order valence-corrected chi connectivity index (χ1v) is 6.00. The molecule has 1 aromatic carbocycles. The Kier molecular flexibility index (Phi) is 4.07. The van der Waals surface area contributed by atoms with Crippen molar-refractivity contribution in [1.29, 1.82) is 0 Å². The molecule has 5 heteroatoms. The molecule has 0 aliphatic carbocycles. The number of aromatic nitrogens is 1. The Morgan fingerprint density at radius 3 is 2.39 bits per heavy atom. The molecule has 1 unspecified atom stereocenters. The van der Waals surface area contributed by atoms with Crippen molar-refractivity contribution in [2.24, 2.45) is 0 Å². The molecule has 0 saturated carbocycles. The Labute approximate surface area is 115 Å². The standard InChI is InChI=1S/C13H11Cl2NO2/c1-18-12-5-3-9(7-16-12)13(17)8-2-4-10(14)11(15)6-8/h2-7,13,17H,1H3. The van der Waals surface area contributed by atoms with Crippen molar-refractivity contribution in [2.75, 3.05) is 7.11 Å². The van der Waals surface area contributed by atoms with Gasteiger partial charge in [0.25, 0.3) is 0 Å². The number of ether oxygens (including phenoxy) is 1. The molecule has 0 radical (unpaired) electrons. The van der Waals surface area contributed by atoms with Crippen molar-refractivity contribution in [3.63, 3.8) is 0 Å². The lowest BCUT2D eigenvalue weighted by Gasteiger charge is -2.12. The lowest BCUT2D eigenvalue weighted by molar-refractivity contribution is 0.219. The summed E-state index contributed by atoms with van der Waals surface area (Å²) in [6, 6.07) is 8.45. The van der Waals surface area contributed by atoms with Gasteiger partial charge < -0.3 is 9.84 Å². The lowest BCUT2D eigenvalue weighted by Crippen LogP contribution is -2.00. The monoisotopic (exact) mass is 283 g/mol. The van der Waals surface area contributed by atoms with Crippen LogP contribution in [0.1, 0.15) is 17.2 Å². The van der Waals surface area contributed by atoms with E-state index in [0.29, 0.717) is 27.1 Å². The molecule has 0 amide bonds. The van der Waals surface area contributed by atoms with Crippen molar-refractivity contribution in [2.45, 2.75) is 6.10 Å². The van der Waals surface area contributed by atoms with Gasteiger partial charge >= 0.3 is 0 Å². The molecule has 0 aliphatic heterocycles. The number of hydrogen-bond acceptors (Lipinski definition) is 3. The molecular weight excluding hydrogens is 273 g/mol. The van der Waals surface area contributed by atoms with Crippen molar-refractivity contribution in [3.05, 3.63) is 57.7 Å². The van der Waals surface area contributed by atoms with Crippen molar-refractivity contribution in [1.82, 2.24) is 4.98 Å². The number of benzene rings is 1. The summed E-state index contributed by atoms with van der Waals surface area (Å²) in [4.78, 5) is 4.04. The zero-order valence-corrected chi connectivity index (χ0v) is 11.1. The maximum atomic E-state index is 10.2. The molecule has 18 heavy (non-hydrogen) atoms. The molecule has 1 aromatic heterocycles. The van der Waals surface area contributed by atoms with E-state index < -0.39 is 6.10 Å². The van der Waals surface area contributed by atoms with E-state index in [2.05, 4.69) is 4.98 Å². The van der Waals surface area contributed by atoms with E-state index in [1.165, 1.54) is 7.11 Å². The smallest absolute Gasteiger partial charge is 0.212 e. The summed E-state index contributed by atoms with van der Waals surface area (Å²) in [5.74, 6) is 0.500. The zero-order chi connectivity index (χ0) is 13.1. The summed E-state index contributed by atoms with van der Waals surface area (Å²) in [6.07, 6.45) is 0.768. The van der Waals surface area contributed by atoms with Crippen LogP contribution in [0.15, 0.2) is 36.5 Å². The molecule has 3 nitrogen and oxygen atoms in total. The van der Waals surface area contributed by atoms with E-state index in [0.717, 1.165) is 0 Å². The van der Waals surface area contributed by atoms with Crippen LogP contribution in [0.5, 0.6) is 5.88 Å². The number of aliphatic hydroxyl groups is 1. The highest BCUT2D eigenvalue weighted by atomic mass is 35.5. The number of nitrogens with zero attached hydrogens (tertiary/aromatic N) is 1. The number of aliphatic hydroxyl groups excluding tert-OH is 1. The van der Waals surface area contributed by atoms with E-state index in [1.54, 1.807) is 36.5 Å². The second-order valence-electron chi connectivity index (χ2n) is 3.71. The van der Waals surface area contributed by atoms with E-state index in [1.807, 2.05) is 0 Å². The van der Waals surface area contributed by atoms with Crippen LogP contribution in [0, 0.1) is 0 Å². The van der Waals surface area contributed by atoms with Crippen LogP contribution in [-0.4, -0.2) is 17.2 Å². The Morgan fingerprint density at radius 1 is 1.11 bits per heavy atom. The summed E-state index contributed by atoms with van der Waals surface area (Å²) in [5, 5.41) is 11.1. The predicted molar refractivity (Wildman–Crippen MR) is 71.3 cm³/mol. The van der Waals surface area contributed by atoms with Crippen LogP contribution in [0.2, 0.25) is 10.0 Å². The van der Waals surface area contributed by atoms with E-state index in [-0.39, 0.29) is 0 Å². The van der Waals surface area contributed by atoms with Gasteiger partial charge in [0, 0.05) is 17.8 Å². The van der Waals surface area contributed by atoms with E-state index >= 15 is 0 Å². The summed E-state index contributed by atoms with van der Waals surface area (Å²) in [7, 11) is 1.54. The molecule has 0 spiro atoms. The number of halogens is 2. The normalized spacial score (nSPS) is 12.2. The fraction of sp³-hybridized carbons (Fsp3) is 0.154. The van der Waals surface area contributed by atoms with Crippen LogP contribution in [0.25, 0.3) is 0 Å². The average Bonchev–Trinajstić information content (AvgIpc) is 2.41. The molecule has 1 N–H and O–H groups in total. The highest BCUT2D eigenvalue weighted by molar-refractivity contribution is 6.42. The van der Waals surface area contributed by atoms with Gasteiger partial charge in [-0.25, -0.2) is 4.98 Å². The molecule has 0 fully saturated rings. The number of rotatable bonds is 3. The Bertz CT molecular complexity index is 543. The van der Waals surface area contributed by atoms with Crippen LogP contribution in [0.3, 0.4) is 0 Å². The first-order valence-electron chi connectivity index (χ1n) is 5.25. The largest absolute Gasteiger partial charge is 0.481 e. The van der Waals surface area contributed by atoms with Crippen LogP contribution >= 0.6 is 23.2 Å². The first-order chi connectivity index (χ1) is 8.61. The van der Waals surface area contributed by atoms with Gasteiger partial charge in [-0.2, -0.15) is 0 Å². The fourth-order valence-corrected chi connectivity index (χ4v) is 1.86. The van der Waals surface area contributed by atoms with Gasteiger partial charge in [0.2, 0.25) is 5.88 Å². The van der Waals surface area contributed by atoms with E-state index in [4.69, 9.17) is 27.9 Å². The van der Waals surface area contributed by atoms with Crippen LogP contribution in [-0.2, 0) is 0 Å². The highest BCUT2D eigenvalue weighted by Crippen LogP contribution is 2.28. The van der Waals surface area contributed by atoms with Crippen LogP contribution < -0.4 is 4.74 Å². The second-order valence-corrected chi connectivity index (χ2v) is 4.52. The van der Waals surface area contributed by atoms with Gasteiger partial charge in [-0.3, -0.25) is 0 Å². The molecule has 1 heterocycles. The first kappa shape index (κ1) is 13.1. The quantitative estimate of drug-likeness (QED) is 0.938. The van der Waals surface area contributed by atoms with E-state index in [9.17, 15) is 5.11 Å². The van der Waals surface area contributed by atoms with Gasteiger partial charge in [-0.1, -0.05) is 29.3 Å².